The van der Waals surface area contributed by atoms with Gasteiger partial charge in [-0.1, -0.05) is 34.6 Å². The van der Waals surface area contributed by atoms with E-state index >= 15 is 0 Å². The highest BCUT2D eigenvalue weighted by Gasteiger charge is 2.11. The highest BCUT2D eigenvalue weighted by molar-refractivity contribution is 9.11. The van der Waals surface area contributed by atoms with Crippen LogP contribution in [0, 0.1) is 0 Å². The van der Waals surface area contributed by atoms with Gasteiger partial charge in [-0.25, -0.2) is 4.98 Å². The largest absolute Gasteiger partial charge is 0.352 e. The molecule has 6 heteroatoms. The molecule has 2 aromatic heterocycles. The number of aromatic nitrogens is 3. The van der Waals surface area contributed by atoms with Crippen LogP contribution in [0.3, 0.4) is 0 Å². The molecule has 3 rings (SSSR count). The van der Waals surface area contributed by atoms with Crippen LogP contribution >= 0.6 is 15.9 Å². The Labute approximate surface area is 154 Å². The second-order valence-corrected chi connectivity index (χ2v) is 6.84. The first-order chi connectivity index (χ1) is 12.1. The number of imidazole rings is 1. The number of aryl methyl sites for hydroxylation is 1. The number of carbonyl (C=O) groups excluding carboxylic acids is 1. The summed E-state index contributed by atoms with van der Waals surface area (Å²) in [7, 11) is 0. The molecule has 2 heterocycles. The van der Waals surface area contributed by atoms with Crippen LogP contribution in [0.4, 0.5) is 0 Å². The Morgan fingerprint density at radius 3 is 2.72 bits per heavy atom. The minimum absolute atomic E-state index is 0.0789. The zero-order valence-corrected chi connectivity index (χ0v) is 15.4. The Balaban J connectivity index is 1.63. The first-order valence-corrected chi connectivity index (χ1v) is 8.90. The lowest BCUT2D eigenvalue weighted by atomic mass is 10.2. The predicted octanol–water partition coefficient (Wildman–Crippen LogP) is 3.70. The van der Waals surface area contributed by atoms with Gasteiger partial charge in [0.1, 0.15) is 5.82 Å². The number of pyridine rings is 1. The highest BCUT2D eigenvalue weighted by Crippen LogP contribution is 2.19. The minimum atomic E-state index is -0.0789. The van der Waals surface area contributed by atoms with Crippen molar-refractivity contribution in [2.24, 2.45) is 0 Å². The number of nitrogens with one attached hydrogen (secondary N) is 1. The normalized spacial score (nSPS) is 10.8. The molecule has 0 radical (unpaired) electrons. The lowest BCUT2D eigenvalue weighted by Gasteiger charge is -2.09. The van der Waals surface area contributed by atoms with E-state index in [1.165, 1.54) is 0 Å². The van der Waals surface area contributed by atoms with Gasteiger partial charge in [0.15, 0.2) is 0 Å². The standard InChI is InChI=1S/C19H19BrN4O/c1-14(20)13-24-17-6-3-2-5-16(17)23-18(24)7-4-10-22-19(25)15-8-11-21-12-9-15/h2-3,5-6,8-9,11-12H,1,4,7,10,13H2,(H,22,25). The maximum absolute atomic E-state index is 12.0. The number of rotatable bonds is 7. The molecule has 1 amide bonds. The van der Waals surface area contributed by atoms with Gasteiger partial charge in [-0.15, -0.1) is 0 Å². The summed E-state index contributed by atoms with van der Waals surface area (Å²) >= 11 is 3.44. The molecule has 0 atom stereocenters. The van der Waals surface area contributed by atoms with E-state index in [0.29, 0.717) is 18.7 Å². The van der Waals surface area contributed by atoms with Gasteiger partial charge in [0.05, 0.1) is 17.6 Å². The molecular formula is C19H19BrN4O. The van der Waals surface area contributed by atoms with E-state index < -0.39 is 0 Å². The Morgan fingerprint density at radius 1 is 1.20 bits per heavy atom. The first-order valence-electron chi connectivity index (χ1n) is 8.11. The molecule has 0 fully saturated rings. The summed E-state index contributed by atoms with van der Waals surface area (Å²) in [4.78, 5) is 20.7. The Bertz CT molecular complexity index is 889. The summed E-state index contributed by atoms with van der Waals surface area (Å²) in [6.45, 7) is 5.21. The molecule has 128 valence electrons. The van der Waals surface area contributed by atoms with Crippen molar-refractivity contribution in [3.8, 4) is 0 Å². The summed E-state index contributed by atoms with van der Waals surface area (Å²) in [6, 6.07) is 11.5. The molecule has 0 spiro atoms. The van der Waals surface area contributed by atoms with Crippen LogP contribution in [0.15, 0.2) is 59.9 Å². The fraction of sp³-hybridized carbons (Fsp3) is 0.211. The molecule has 0 bridgehead atoms. The lowest BCUT2D eigenvalue weighted by molar-refractivity contribution is 0.0953. The predicted molar refractivity (Wildman–Crippen MR) is 103 cm³/mol. The number of hydrogen-bond donors (Lipinski definition) is 1. The van der Waals surface area contributed by atoms with Gasteiger partial charge in [-0.2, -0.15) is 0 Å². The molecule has 0 saturated heterocycles. The number of para-hydroxylation sites is 2. The third-order valence-electron chi connectivity index (χ3n) is 3.87. The molecule has 0 aliphatic heterocycles. The number of fused-ring (bicyclic) bond motifs is 1. The van der Waals surface area contributed by atoms with Gasteiger partial charge in [0.25, 0.3) is 5.91 Å². The number of hydrogen-bond acceptors (Lipinski definition) is 3. The third-order valence-corrected chi connectivity index (χ3v) is 4.12. The van der Waals surface area contributed by atoms with Gasteiger partial charge < -0.3 is 9.88 Å². The highest BCUT2D eigenvalue weighted by atomic mass is 79.9. The summed E-state index contributed by atoms with van der Waals surface area (Å²) in [5.41, 5.74) is 2.70. The van der Waals surface area contributed by atoms with Gasteiger partial charge in [0, 0.05) is 35.4 Å². The van der Waals surface area contributed by atoms with Crippen LogP contribution in [-0.2, 0) is 13.0 Å². The summed E-state index contributed by atoms with van der Waals surface area (Å²) in [6.07, 6.45) is 4.83. The lowest BCUT2D eigenvalue weighted by Crippen LogP contribution is -2.25. The zero-order valence-electron chi connectivity index (χ0n) is 13.8. The number of carbonyl (C=O) groups is 1. The van der Waals surface area contributed by atoms with E-state index in [4.69, 9.17) is 4.98 Å². The zero-order chi connectivity index (χ0) is 17.6. The minimum Gasteiger partial charge on any atom is -0.352 e. The van der Waals surface area contributed by atoms with Crippen LogP contribution in [-0.4, -0.2) is 27.0 Å². The van der Waals surface area contributed by atoms with Crippen molar-refractivity contribution in [1.82, 2.24) is 19.9 Å². The van der Waals surface area contributed by atoms with Gasteiger partial charge >= 0.3 is 0 Å². The average Bonchev–Trinajstić information content (AvgIpc) is 2.96. The van der Waals surface area contributed by atoms with Crippen molar-refractivity contribution in [3.63, 3.8) is 0 Å². The molecule has 0 aliphatic carbocycles. The smallest absolute Gasteiger partial charge is 0.251 e. The fourth-order valence-electron chi connectivity index (χ4n) is 2.72. The molecule has 25 heavy (non-hydrogen) atoms. The van der Waals surface area contributed by atoms with Crippen LogP contribution < -0.4 is 5.32 Å². The van der Waals surface area contributed by atoms with Gasteiger partial charge in [-0.05, 0) is 30.7 Å². The van der Waals surface area contributed by atoms with E-state index in [9.17, 15) is 4.79 Å². The van der Waals surface area contributed by atoms with E-state index in [-0.39, 0.29) is 5.91 Å². The van der Waals surface area contributed by atoms with Crippen molar-refractivity contribution < 1.29 is 4.79 Å². The maximum Gasteiger partial charge on any atom is 0.251 e. The van der Waals surface area contributed by atoms with E-state index in [2.05, 4.69) is 43.4 Å². The van der Waals surface area contributed by atoms with Crippen molar-refractivity contribution in [1.29, 1.82) is 0 Å². The van der Waals surface area contributed by atoms with Crippen LogP contribution in [0.25, 0.3) is 11.0 Å². The number of amides is 1. The Morgan fingerprint density at radius 2 is 1.96 bits per heavy atom. The van der Waals surface area contributed by atoms with Crippen molar-refractivity contribution in [3.05, 3.63) is 71.2 Å². The van der Waals surface area contributed by atoms with Crippen molar-refractivity contribution in [2.45, 2.75) is 19.4 Å². The van der Waals surface area contributed by atoms with Crippen LogP contribution in [0.2, 0.25) is 0 Å². The van der Waals surface area contributed by atoms with Crippen LogP contribution in [0.1, 0.15) is 22.6 Å². The second-order valence-electron chi connectivity index (χ2n) is 5.72. The number of nitrogens with zero attached hydrogens (tertiary/aromatic N) is 3. The van der Waals surface area contributed by atoms with E-state index in [1.807, 2.05) is 18.2 Å². The molecule has 0 aliphatic rings. The molecule has 1 N–H and O–H groups in total. The molecular weight excluding hydrogens is 380 g/mol. The van der Waals surface area contributed by atoms with E-state index in [0.717, 1.165) is 34.2 Å². The summed E-state index contributed by atoms with van der Waals surface area (Å²) in [5, 5.41) is 2.93. The second kappa shape index (κ2) is 8.07. The molecule has 0 unspecified atom stereocenters. The third kappa shape index (κ3) is 4.33. The van der Waals surface area contributed by atoms with E-state index in [1.54, 1.807) is 24.5 Å². The SMILES string of the molecule is C=C(Br)Cn1c(CCCNC(=O)c2ccncc2)nc2ccccc21. The topological polar surface area (TPSA) is 59.8 Å². The molecule has 1 aromatic carbocycles. The average molecular weight is 399 g/mol. The quantitative estimate of drug-likeness (QED) is 0.617. The van der Waals surface area contributed by atoms with Crippen molar-refractivity contribution in [2.75, 3.05) is 6.54 Å². The summed E-state index contributed by atoms with van der Waals surface area (Å²) < 4.78 is 3.07. The molecule has 5 nitrogen and oxygen atoms in total. The first kappa shape index (κ1) is 17.4. The van der Waals surface area contributed by atoms with Crippen LogP contribution in [0.5, 0.6) is 0 Å². The molecule has 0 saturated carbocycles. The summed E-state index contributed by atoms with van der Waals surface area (Å²) in [5.74, 6) is 0.921. The maximum atomic E-state index is 12.0. The number of halogens is 1. The number of allylic oxidation sites excluding steroid dienone is 1. The monoisotopic (exact) mass is 398 g/mol. The Hall–Kier alpha value is -2.47. The molecule has 3 aromatic rings. The number of benzene rings is 1. The fourth-order valence-corrected chi connectivity index (χ4v) is 2.97. The van der Waals surface area contributed by atoms with Gasteiger partial charge in [0.2, 0.25) is 0 Å². The Kier molecular flexibility index (Phi) is 5.60. The van der Waals surface area contributed by atoms with Gasteiger partial charge in [-0.3, -0.25) is 9.78 Å². The van der Waals surface area contributed by atoms with Crippen molar-refractivity contribution >= 4 is 32.9 Å².